The van der Waals surface area contributed by atoms with Gasteiger partial charge in [0.1, 0.15) is 5.69 Å². The van der Waals surface area contributed by atoms with E-state index in [2.05, 4.69) is 30.9 Å². The molecule has 2 rings (SSSR count). The maximum absolute atomic E-state index is 13.2. The molecular formula is C14H15ClF2N6O3. The number of tetrazole rings is 1. The number of ether oxygens (including phenoxy) is 1. The number of aromatic nitrogens is 4. The third-order valence-corrected chi connectivity index (χ3v) is 3.46. The van der Waals surface area contributed by atoms with Gasteiger partial charge in [0, 0.05) is 20.4 Å². The smallest absolute Gasteiger partial charge is 0.394 e. The second kappa shape index (κ2) is 7.60. The molecule has 1 aromatic heterocycles. The van der Waals surface area contributed by atoms with Crippen LogP contribution in [0.2, 0.25) is 5.02 Å². The zero-order valence-electron chi connectivity index (χ0n) is 14.0. The van der Waals surface area contributed by atoms with Crippen LogP contribution in [-0.4, -0.2) is 38.1 Å². The predicted molar refractivity (Wildman–Crippen MR) is 88.4 cm³/mol. The van der Waals surface area contributed by atoms with Gasteiger partial charge in [0.25, 0.3) is 5.91 Å². The molecule has 0 aliphatic heterocycles. The number of anilines is 2. The third-order valence-electron chi connectivity index (χ3n) is 3.07. The van der Waals surface area contributed by atoms with Crippen molar-refractivity contribution in [3.63, 3.8) is 0 Å². The van der Waals surface area contributed by atoms with Crippen LogP contribution in [0.1, 0.15) is 30.6 Å². The van der Waals surface area contributed by atoms with E-state index in [0.29, 0.717) is 6.92 Å². The fourth-order valence-corrected chi connectivity index (χ4v) is 2.15. The van der Waals surface area contributed by atoms with Crippen molar-refractivity contribution in [3.8, 4) is 5.75 Å². The highest BCUT2D eigenvalue weighted by atomic mass is 35.5. The summed E-state index contributed by atoms with van der Waals surface area (Å²) in [7, 11) is 1.50. The molecule has 0 fully saturated rings. The van der Waals surface area contributed by atoms with Crippen LogP contribution >= 0.6 is 11.6 Å². The van der Waals surface area contributed by atoms with Gasteiger partial charge in [-0.2, -0.15) is 8.78 Å². The molecule has 2 amide bonds. The molecule has 0 unspecified atom stereocenters. The van der Waals surface area contributed by atoms with E-state index in [4.69, 9.17) is 11.6 Å². The minimum atomic E-state index is -3.51. The summed E-state index contributed by atoms with van der Waals surface area (Å²) >= 11 is 6.16. The zero-order valence-corrected chi connectivity index (χ0v) is 14.8. The zero-order chi connectivity index (χ0) is 19.5. The second-order valence-corrected chi connectivity index (χ2v) is 5.57. The van der Waals surface area contributed by atoms with Crippen molar-refractivity contribution in [2.45, 2.75) is 26.4 Å². The van der Waals surface area contributed by atoms with E-state index >= 15 is 0 Å². The lowest BCUT2D eigenvalue weighted by Gasteiger charge is -2.19. The molecule has 26 heavy (non-hydrogen) atoms. The van der Waals surface area contributed by atoms with Crippen molar-refractivity contribution < 1.29 is 23.1 Å². The quantitative estimate of drug-likeness (QED) is 0.786. The lowest BCUT2D eigenvalue weighted by atomic mass is 10.1. The number of amides is 2. The van der Waals surface area contributed by atoms with Gasteiger partial charge in [0.15, 0.2) is 5.75 Å². The maximum atomic E-state index is 13.2. The average Bonchev–Trinajstić information content (AvgIpc) is 2.94. The van der Waals surface area contributed by atoms with Crippen molar-refractivity contribution in [2.75, 3.05) is 10.6 Å². The highest BCUT2D eigenvalue weighted by Gasteiger charge is 2.28. The normalized spacial score (nSPS) is 11.2. The summed E-state index contributed by atoms with van der Waals surface area (Å²) in [6.07, 6.45) is -3.44. The number of nitrogens with zero attached hydrogens (tertiary/aromatic N) is 4. The summed E-state index contributed by atoms with van der Waals surface area (Å²) in [4.78, 5) is 24.1. The molecule has 0 atom stereocenters. The number of benzene rings is 1. The predicted octanol–water partition coefficient (Wildman–Crippen LogP) is 2.46. The van der Waals surface area contributed by atoms with Crippen molar-refractivity contribution in [1.82, 2.24) is 20.2 Å². The minimum Gasteiger partial charge on any atom is -0.430 e. The highest BCUT2D eigenvalue weighted by Crippen LogP contribution is 2.38. The summed E-state index contributed by atoms with van der Waals surface area (Å²) in [5.74, 6) is -1.52. The van der Waals surface area contributed by atoms with E-state index in [0.717, 1.165) is 6.07 Å². The molecule has 0 aliphatic carbocycles. The highest BCUT2D eigenvalue weighted by molar-refractivity contribution is 6.37. The number of carbonyl (C=O) groups is 2. The van der Waals surface area contributed by atoms with Crippen LogP contribution in [0.25, 0.3) is 0 Å². The summed E-state index contributed by atoms with van der Waals surface area (Å²) < 4.78 is 32.2. The van der Waals surface area contributed by atoms with Crippen molar-refractivity contribution >= 4 is 35.1 Å². The van der Waals surface area contributed by atoms with Crippen LogP contribution in [0.5, 0.6) is 5.75 Å². The van der Waals surface area contributed by atoms with E-state index < -0.39 is 17.9 Å². The molecule has 12 heteroatoms. The van der Waals surface area contributed by atoms with E-state index in [1.807, 2.05) is 0 Å². The summed E-state index contributed by atoms with van der Waals surface area (Å²) in [5.41, 5.74) is -0.323. The van der Waals surface area contributed by atoms with E-state index in [1.54, 1.807) is 6.92 Å². The van der Waals surface area contributed by atoms with Crippen molar-refractivity contribution in [3.05, 3.63) is 22.7 Å². The molecule has 0 radical (unpaired) electrons. The van der Waals surface area contributed by atoms with Gasteiger partial charge in [-0.05, 0) is 22.6 Å². The first-order chi connectivity index (χ1) is 12.1. The largest absolute Gasteiger partial charge is 0.430 e. The third kappa shape index (κ3) is 4.63. The number of halogens is 3. The lowest BCUT2D eigenvalue weighted by molar-refractivity contribution is -0.158. The van der Waals surface area contributed by atoms with Crippen molar-refractivity contribution in [2.24, 2.45) is 7.05 Å². The van der Waals surface area contributed by atoms with Crippen LogP contribution < -0.4 is 15.4 Å². The molecule has 2 N–H and O–H groups in total. The first-order valence-electron chi connectivity index (χ1n) is 7.35. The Bertz CT molecular complexity index is 837. The summed E-state index contributed by atoms with van der Waals surface area (Å²) in [5, 5.41) is 15.0. The number of carbonyl (C=O) groups excluding carboxylic acids is 2. The summed E-state index contributed by atoms with van der Waals surface area (Å²) in [6, 6.07) is 2.29. The van der Waals surface area contributed by atoms with Crippen LogP contribution in [0, 0.1) is 0 Å². The van der Waals surface area contributed by atoms with Gasteiger partial charge in [-0.1, -0.05) is 23.6 Å². The number of rotatable bonds is 6. The van der Waals surface area contributed by atoms with Gasteiger partial charge in [-0.3, -0.25) is 14.9 Å². The number of alkyl halides is 2. The van der Waals surface area contributed by atoms with Crippen LogP contribution in [-0.2, 0) is 11.8 Å². The van der Waals surface area contributed by atoms with Crippen molar-refractivity contribution in [1.29, 1.82) is 0 Å². The van der Waals surface area contributed by atoms with Crippen LogP contribution in [0.4, 0.5) is 20.4 Å². The molecular weight excluding hydrogens is 374 g/mol. The SMILES string of the molecule is CCC(=O)Nc1c(OC(C)(F)F)ccc(C(=O)Nc2nnnn2C)c1Cl. The Labute approximate surface area is 151 Å². The van der Waals surface area contributed by atoms with Gasteiger partial charge < -0.3 is 10.1 Å². The standard InChI is InChI=1S/C14H15ClF2N6O3/c1-4-9(24)18-11-8(26-14(2,16)17)6-5-7(10(11)15)12(25)19-13-20-21-22-23(13)3/h5-6H,4H2,1-3H3,(H,18,24)(H,19,20,22,25). The minimum absolute atomic E-state index is 0.0469. The van der Waals surface area contributed by atoms with E-state index in [1.165, 1.54) is 17.8 Å². The van der Waals surface area contributed by atoms with Crippen LogP contribution in [0.15, 0.2) is 12.1 Å². The lowest BCUT2D eigenvalue weighted by Crippen LogP contribution is -2.22. The monoisotopic (exact) mass is 388 g/mol. The van der Waals surface area contributed by atoms with E-state index in [9.17, 15) is 18.4 Å². The van der Waals surface area contributed by atoms with E-state index in [-0.39, 0.29) is 34.4 Å². The Morgan fingerprint density at radius 3 is 2.58 bits per heavy atom. The molecule has 0 bridgehead atoms. The number of nitrogens with one attached hydrogen (secondary N) is 2. The second-order valence-electron chi connectivity index (χ2n) is 5.19. The van der Waals surface area contributed by atoms with Gasteiger partial charge >= 0.3 is 6.11 Å². The molecule has 0 saturated heterocycles. The molecule has 0 aliphatic rings. The Hall–Kier alpha value is -2.82. The topological polar surface area (TPSA) is 111 Å². The van der Waals surface area contributed by atoms with Gasteiger partial charge in [-0.25, -0.2) is 4.68 Å². The fourth-order valence-electron chi connectivity index (χ4n) is 1.86. The molecule has 0 saturated carbocycles. The molecule has 1 aromatic carbocycles. The number of hydrogen-bond donors (Lipinski definition) is 2. The maximum Gasteiger partial charge on any atom is 0.394 e. The Kier molecular flexibility index (Phi) is 5.70. The summed E-state index contributed by atoms with van der Waals surface area (Å²) in [6.45, 7) is 2.10. The first-order valence-corrected chi connectivity index (χ1v) is 7.73. The number of aryl methyl sites for hydroxylation is 1. The molecule has 1 heterocycles. The molecule has 9 nitrogen and oxygen atoms in total. The van der Waals surface area contributed by atoms with Crippen LogP contribution in [0.3, 0.4) is 0 Å². The molecule has 140 valence electrons. The van der Waals surface area contributed by atoms with Gasteiger partial charge in [-0.15, -0.1) is 0 Å². The fraction of sp³-hybridized carbons (Fsp3) is 0.357. The molecule has 0 spiro atoms. The Balaban J connectivity index is 2.41. The first kappa shape index (κ1) is 19.5. The number of hydrogen-bond acceptors (Lipinski definition) is 6. The average molecular weight is 389 g/mol. The van der Waals surface area contributed by atoms with Gasteiger partial charge in [0.2, 0.25) is 11.9 Å². The molecule has 2 aromatic rings. The Morgan fingerprint density at radius 2 is 2.04 bits per heavy atom. The van der Waals surface area contributed by atoms with Gasteiger partial charge in [0.05, 0.1) is 10.6 Å². The Morgan fingerprint density at radius 1 is 1.35 bits per heavy atom.